The van der Waals surface area contributed by atoms with E-state index < -0.39 is 6.04 Å². The Morgan fingerprint density at radius 3 is 2.84 bits per heavy atom. The molecular weight excluding hydrogens is 284 g/mol. The van der Waals surface area contributed by atoms with Crippen molar-refractivity contribution in [3.8, 4) is 0 Å². The molecule has 1 aliphatic heterocycles. The van der Waals surface area contributed by atoms with Gasteiger partial charge in [0, 0.05) is 17.6 Å². The van der Waals surface area contributed by atoms with Gasteiger partial charge in [-0.25, -0.2) is 0 Å². The standard InChI is InChI=1S/C13H15ClN2O2S/c1-8(12(18)15-2)16-11(17)7-19-13(16)9-5-3-4-6-10(9)14/h3-6,8,13H,7H2,1-2H3,(H,15,18)/t8-,13+/m1/s1. The van der Waals surface area contributed by atoms with E-state index in [1.165, 1.54) is 11.8 Å². The van der Waals surface area contributed by atoms with Gasteiger partial charge in [-0.2, -0.15) is 0 Å². The maximum atomic E-state index is 12.0. The molecule has 1 fully saturated rings. The summed E-state index contributed by atoms with van der Waals surface area (Å²) in [6, 6.07) is 6.91. The van der Waals surface area contributed by atoms with Gasteiger partial charge in [0.2, 0.25) is 11.8 Å². The lowest BCUT2D eigenvalue weighted by molar-refractivity contribution is -0.137. The molecule has 1 aromatic carbocycles. The Bertz CT molecular complexity index is 509. The zero-order valence-electron chi connectivity index (χ0n) is 10.7. The molecule has 0 aliphatic carbocycles. The number of nitrogens with one attached hydrogen (secondary N) is 1. The van der Waals surface area contributed by atoms with Crippen LogP contribution in [0.5, 0.6) is 0 Å². The topological polar surface area (TPSA) is 49.4 Å². The van der Waals surface area contributed by atoms with Gasteiger partial charge in [-0.3, -0.25) is 9.59 Å². The lowest BCUT2D eigenvalue weighted by Crippen LogP contribution is -2.45. The summed E-state index contributed by atoms with van der Waals surface area (Å²) in [4.78, 5) is 25.4. The van der Waals surface area contributed by atoms with Gasteiger partial charge in [-0.05, 0) is 13.0 Å². The van der Waals surface area contributed by atoms with Crippen LogP contribution in [-0.4, -0.2) is 35.6 Å². The van der Waals surface area contributed by atoms with Crippen LogP contribution >= 0.6 is 23.4 Å². The molecule has 1 N–H and O–H groups in total. The number of nitrogens with zero attached hydrogens (tertiary/aromatic N) is 1. The predicted molar refractivity (Wildman–Crippen MR) is 77.0 cm³/mol. The van der Waals surface area contributed by atoms with E-state index in [0.717, 1.165) is 5.56 Å². The van der Waals surface area contributed by atoms with Gasteiger partial charge in [-0.1, -0.05) is 29.8 Å². The molecule has 102 valence electrons. The average Bonchev–Trinajstić information content (AvgIpc) is 2.79. The third-order valence-electron chi connectivity index (χ3n) is 3.12. The number of rotatable bonds is 3. The first-order valence-corrected chi connectivity index (χ1v) is 7.37. The minimum atomic E-state index is -0.506. The second-order valence-corrected chi connectivity index (χ2v) is 5.75. The zero-order valence-corrected chi connectivity index (χ0v) is 12.3. The third-order valence-corrected chi connectivity index (χ3v) is 4.67. The number of carbonyl (C=O) groups is 2. The van der Waals surface area contributed by atoms with Crippen LogP contribution in [0, 0.1) is 0 Å². The van der Waals surface area contributed by atoms with Gasteiger partial charge in [0.25, 0.3) is 0 Å². The van der Waals surface area contributed by atoms with Gasteiger partial charge in [0.15, 0.2) is 0 Å². The summed E-state index contributed by atoms with van der Waals surface area (Å²) in [5, 5.41) is 2.99. The van der Waals surface area contributed by atoms with Crippen molar-refractivity contribution >= 4 is 35.2 Å². The molecule has 2 rings (SSSR count). The minimum absolute atomic E-state index is 0.0361. The Morgan fingerprint density at radius 2 is 2.21 bits per heavy atom. The average molecular weight is 299 g/mol. The van der Waals surface area contributed by atoms with Crippen LogP contribution in [0.15, 0.2) is 24.3 Å². The summed E-state index contributed by atoms with van der Waals surface area (Å²) in [7, 11) is 1.57. The molecule has 6 heteroatoms. The maximum absolute atomic E-state index is 12.0. The molecule has 0 bridgehead atoms. The second-order valence-electron chi connectivity index (χ2n) is 4.28. The van der Waals surface area contributed by atoms with Gasteiger partial charge in [-0.15, -0.1) is 11.8 Å². The lowest BCUT2D eigenvalue weighted by atomic mass is 10.1. The Morgan fingerprint density at radius 1 is 1.53 bits per heavy atom. The van der Waals surface area contributed by atoms with E-state index in [0.29, 0.717) is 10.8 Å². The molecule has 1 aromatic rings. The van der Waals surface area contributed by atoms with Gasteiger partial charge in [0.1, 0.15) is 11.4 Å². The molecule has 19 heavy (non-hydrogen) atoms. The van der Waals surface area contributed by atoms with Crippen LogP contribution in [0.1, 0.15) is 17.9 Å². The smallest absolute Gasteiger partial charge is 0.242 e. The summed E-state index contributed by atoms with van der Waals surface area (Å²) < 4.78 is 0. The summed E-state index contributed by atoms with van der Waals surface area (Å²) in [6.07, 6.45) is 0. The number of hydrogen-bond donors (Lipinski definition) is 1. The molecule has 2 atom stereocenters. The second kappa shape index (κ2) is 5.84. The van der Waals surface area contributed by atoms with Crippen molar-refractivity contribution < 1.29 is 9.59 Å². The van der Waals surface area contributed by atoms with Crippen LogP contribution < -0.4 is 5.32 Å². The molecule has 1 saturated heterocycles. The van der Waals surface area contributed by atoms with E-state index in [-0.39, 0.29) is 17.2 Å². The number of benzene rings is 1. The SMILES string of the molecule is CNC(=O)[C@@H](C)N1C(=O)CS[C@H]1c1ccccc1Cl. The Balaban J connectivity index is 2.32. The molecule has 0 unspecified atom stereocenters. The molecule has 4 nitrogen and oxygen atoms in total. The van der Waals surface area contributed by atoms with E-state index in [2.05, 4.69) is 5.32 Å². The Kier molecular flexibility index (Phi) is 4.37. The van der Waals surface area contributed by atoms with Crippen LogP contribution in [0.3, 0.4) is 0 Å². The number of thioether (sulfide) groups is 1. The first kappa shape index (κ1) is 14.2. The number of amides is 2. The van der Waals surface area contributed by atoms with Crippen LogP contribution in [0.2, 0.25) is 5.02 Å². The molecule has 0 radical (unpaired) electrons. The molecular formula is C13H15ClN2O2S. The first-order valence-electron chi connectivity index (χ1n) is 5.95. The fourth-order valence-electron chi connectivity index (χ4n) is 2.11. The monoisotopic (exact) mass is 298 g/mol. The number of hydrogen-bond acceptors (Lipinski definition) is 3. The first-order chi connectivity index (χ1) is 9.06. The summed E-state index contributed by atoms with van der Waals surface area (Å²) >= 11 is 7.68. The van der Waals surface area contributed by atoms with Gasteiger partial charge in [0.05, 0.1) is 5.75 Å². The van der Waals surface area contributed by atoms with Gasteiger partial charge < -0.3 is 10.2 Å². The van der Waals surface area contributed by atoms with Gasteiger partial charge >= 0.3 is 0 Å². The van der Waals surface area contributed by atoms with E-state index >= 15 is 0 Å². The van der Waals surface area contributed by atoms with Crippen molar-refractivity contribution in [1.29, 1.82) is 0 Å². The van der Waals surface area contributed by atoms with Crippen molar-refractivity contribution in [2.45, 2.75) is 18.3 Å². The lowest BCUT2D eigenvalue weighted by Gasteiger charge is -2.29. The van der Waals surface area contributed by atoms with E-state index in [9.17, 15) is 9.59 Å². The van der Waals surface area contributed by atoms with Crippen molar-refractivity contribution in [2.75, 3.05) is 12.8 Å². The van der Waals surface area contributed by atoms with Crippen LogP contribution in [-0.2, 0) is 9.59 Å². The van der Waals surface area contributed by atoms with E-state index in [1.807, 2.05) is 18.2 Å². The van der Waals surface area contributed by atoms with Crippen LogP contribution in [0.4, 0.5) is 0 Å². The zero-order chi connectivity index (χ0) is 14.0. The number of carbonyl (C=O) groups excluding carboxylic acids is 2. The maximum Gasteiger partial charge on any atom is 0.242 e. The fraction of sp³-hybridized carbons (Fsp3) is 0.385. The molecule has 1 heterocycles. The van der Waals surface area contributed by atoms with Crippen molar-refractivity contribution in [1.82, 2.24) is 10.2 Å². The van der Waals surface area contributed by atoms with E-state index in [4.69, 9.17) is 11.6 Å². The Labute approximate surface area is 121 Å². The summed E-state index contributed by atoms with van der Waals surface area (Å²) in [5.41, 5.74) is 0.871. The quantitative estimate of drug-likeness (QED) is 0.929. The summed E-state index contributed by atoms with van der Waals surface area (Å²) in [6.45, 7) is 1.73. The largest absolute Gasteiger partial charge is 0.357 e. The predicted octanol–water partition coefficient (Wildman–Crippen LogP) is 2.05. The van der Waals surface area contributed by atoms with E-state index in [1.54, 1.807) is 24.9 Å². The highest BCUT2D eigenvalue weighted by Crippen LogP contribution is 2.42. The summed E-state index contributed by atoms with van der Waals surface area (Å²) in [5.74, 6) is 0.163. The Hall–Kier alpha value is -1.20. The normalized spacial score (nSPS) is 20.5. The molecule has 0 spiro atoms. The third kappa shape index (κ3) is 2.72. The fourth-order valence-corrected chi connectivity index (χ4v) is 3.70. The van der Waals surface area contributed by atoms with Crippen molar-refractivity contribution in [3.05, 3.63) is 34.9 Å². The number of halogens is 1. The molecule has 2 amide bonds. The van der Waals surface area contributed by atoms with Crippen LogP contribution in [0.25, 0.3) is 0 Å². The van der Waals surface area contributed by atoms with Crippen molar-refractivity contribution in [3.63, 3.8) is 0 Å². The minimum Gasteiger partial charge on any atom is -0.357 e. The number of likely N-dealkylation sites (N-methyl/N-ethyl adjacent to an activating group) is 1. The molecule has 0 aromatic heterocycles. The highest BCUT2D eigenvalue weighted by atomic mass is 35.5. The molecule has 1 aliphatic rings. The highest BCUT2D eigenvalue weighted by Gasteiger charge is 2.39. The highest BCUT2D eigenvalue weighted by molar-refractivity contribution is 8.00. The van der Waals surface area contributed by atoms with Crippen molar-refractivity contribution in [2.24, 2.45) is 0 Å². The molecule has 0 saturated carbocycles.